The number of benzene rings is 1. The fourth-order valence-electron chi connectivity index (χ4n) is 2.29. The summed E-state index contributed by atoms with van der Waals surface area (Å²) in [6.07, 6.45) is 1.14. The molecule has 1 amide bonds. The summed E-state index contributed by atoms with van der Waals surface area (Å²) in [6, 6.07) is 7.29. The van der Waals surface area contributed by atoms with E-state index < -0.39 is 12.3 Å². The standard InChI is InChI=1S/C18H17F3N4O2/c19-18(20,21)27-15-7-4-6-13(9-15)10-16(26)25-17-23-11-14(12-24-17)5-2-1-3-8-22/h4,6-7,9,11-12H,1-3,5,10H2,(H,23,24,25,26). The number of hydrogen-bond acceptors (Lipinski definition) is 5. The van der Waals surface area contributed by atoms with Gasteiger partial charge in [0.1, 0.15) is 5.75 Å². The highest BCUT2D eigenvalue weighted by Crippen LogP contribution is 2.23. The SMILES string of the molecule is N#CCCCCc1cnc(NC(=O)Cc2cccc(OC(F)(F)F)c2)nc1. The van der Waals surface area contributed by atoms with Crippen LogP contribution in [0.3, 0.4) is 0 Å². The van der Waals surface area contributed by atoms with Gasteiger partial charge in [-0.3, -0.25) is 10.1 Å². The Morgan fingerprint density at radius 1 is 1.19 bits per heavy atom. The number of nitrogens with one attached hydrogen (secondary N) is 1. The molecule has 1 aromatic carbocycles. The number of amides is 1. The Morgan fingerprint density at radius 3 is 2.59 bits per heavy atom. The molecule has 0 bridgehead atoms. The molecule has 0 saturated heterocycles. The molecule has 0 aliphatic carbocycles. The van der Waals surface area contributed by atoms with Gasteiger partial charge in [0.15, 0.2) is 0 Å². The molecule has 1 aromatic heterocycles. The molecular weight excluding hydrogens is 361 g/mol. The van der Waals surface area contributed by atoms with Crippen LogP contribution in [0.15, 0.2) is 36.7 Å². The number of rotatable bonds is 8. The van der Waals surface area contributed by atoms with Gasteiger partial charge in [0.25, 0.3) is 0 Å². The van der Waals surface area contributed by atoms with E-state index in [1.165, 1.54) is 12.1 Å². The minimum atomic E-state index is -4.79. The summed E-state index contributed by atoms with van der Waals surface area (Å²) in [7, 11) is 0. The summed E-state index contributed by atoms with van der Waals surface area (Å²) in [5, 5.41) is 11.0. The molecule has 0 fully saturated rings. The van der Waals surface area contributed by atoms with Gasteiger partial charge in [-0.1, -0.05) is 12.1 Å². The van der Waals surface area contributed by atoms with Gasteiger partial charge in [0.05, 0.1) is 12.5 Å². The number of aromatic nitrogens is 2. The van der Waals surface area contributed by atoms with Crippen LogP contribution < -0.4 is 10.1 Å². The predicted octanol–water partition coefficient (Wildman–Crippen LogP) is 3.79. The first-order valence-electron chi connectivity index (χ1n) is 8.18. The van der Waals surface area contributed by atoms with E-state index in [4.69, 9.17) is 5.26 Å². The Balaban J connectivity index is 1.87. The Hall–Kier alpha value is -3.15. The first-order valence-corrected chi connectivity index (χ1v) is 8.18. The summed E-state index contributed by atoms with van der Waals surface area (Å²) in [6.45, 7) is 0. The molecule has 0 spiro atoms. The first-order chi connectivity index (χ1) is 12.9. The van der Waals surface area contributed by atoms with E-state index in [1.54, 1.807) is 12.4 Å². The summed E-state index contributed by atoms with van der Waals surface area (Å²) in [5.41, 5.74) is 1.26. The highest BCUT2D eigenvalue weighted by atomic mass is 19.4. The van der Waals surface area contributed by atoms with E-state index in [0.717, 1.165) is 37.0 Å². The zero-order valence-corrected chi connectivity index (χ0v) is 14.3. The molecule has 142 valence electrons. The summed E-state index contributed by atoms with van der Waals surface area (Å²) in [4.78, 5) is 20.1. The maximum atomic E-state index is 12.2. The lowest BCUT2D eigenvalue weighted by molar-refractivity contribution is -0.274. The summed E-state index contributed by atoms with van der Waals surface area (Å²) in [5.74, 6) is -0.728. The lowest BCUT2D eigenvalue weighted by atomic mass is 10.1. The molecule has 0 saturated carbocycles. The van der Waals surface area contributed by atoms with Crippen molar-refractivity contribution in [3.8, 4) is 11.8 Å². The number of nitriles is 1. The largest absolute Gasteiger partial charge is 0.573 e. The zero-order valence-electron chi connectivity index (χ0n) is 14.3. The quantitative estimate of drug-likeness (QED) is 0.706. The molecule has 9 heteroatoms. The van der Waals surface area contributed by atoms with Crippen LogP contribution in [0.2, 0.25) is 0 Å². The number of aryl methyl sites for hydroxylation is 1. The Morgan fingerprint density at radius 2 is 1.93 bits per heavy atom. The third kappa shape index (κ3) is 7.73. The van der Waals surface area contributed by atoms with Gasteiger partial charge in [-0.25, -0.2) is 9.97 Å². The minimum Gasteiger partial charge on any atom is -0.406 e. The van der Waals surface area contributed by atoms with Crippen LogP contribution >= 0.6 is 0 Å². The van der Waals surface area contributed by atoms with Gasteiger partial charge in [0.2, 0.25) is 11.9 Å². The lowest BCUT2D eigenvalue weighted by Gasteiger charge is -2.10. The van der Waals surface area contributed by atoms with Gasteiger partial charge < -0.3 is 4.74 Å². The number of carbonyl (C=O) groups is 1. The Kier molecular flexibility index (Phi) is 7.11. The predicted molar refractivity (Wildman–Crippen MR) is 90.7 cm³/mol. The van der Waals surface area contributed by atoms with Crippen molar-refractivity contribution >= 4 is 11.9 Å². The zero-order chi connectivity index (χ0) is 19.7. The number of unbranched alkanes of at least 4 members (excludes halogenated alkanes) is 2. The molecule has 27 heavy (non-hydrogen) atoms. The number of ether oxygens (including phenoxy) is 1. The number of hydrogen-bond donors (Lipinski definition) is 1. The number of anilines is 1. The van der Waals surface area contributed by atoms with E-state index in [-0.39, 0.29) is 18.1 Å². The second kappa shape index (κ2) is 9.52. The topological polar surface area (TPSA) is 87.9 Å². The molecule has 1 heterocycles. The van der Waals surface area contributed by atoms with Crippen molar-refractivity contribution < 1.29 is 22.7 Å². The van der Waals surface area contributed by atoms with Crippen molar-refractivity contribution in [3.63, 3.8) is 0 Å². The monoisotopic (exact) mass is 378 g/mol. The van der Waals surface area contributed by atoms with E-state index in [1.807, 2.05) is 0 Å². The summed E-state index contributed by atoms with van der Waals surface area (Å²) >= 11 is 0. The van der Waals surface area contributed by atoms with Gasteiger partial charge >= 0.3 is 6.36 Å². The Bertz CT molecular complexity index is 801. The lowest BCUT2D eigenvalue weighted by Crippen LogP contribution is -2.18. The van der Waals surface area contributed by atoms with Crippen LogP contribution in [-0.2, 0) is 17.6 Å². The molecule has 2 aromatic rings. The Labute approximate surface area is 154 Å². The normalized spacial score (nSPS) is 10.9. The fourth-order valence-corrected chi connectivity index (χ4v) is 2.29. The molecule has 0 unspecified atom stereocenters. The van der Waals surface area contributed by atoms with Gasteiger partial charge in [0, 0.05) is 18.8 Å². The molecule has 0 radical (unpaired) electrons. The van der Waals surface area contributed by atoms with Crippen molar-refractivity contribution in [2.45, 2.75) is 38.5 Å². The second-order valence-electron chi connectivity index (χ2n) is 5.70. The van der Waals surface area contributed by atoms with Crippen LogP contribution in [0.4, 0.5) is 19.1 Å². The number of nitrogens with zero attached hydrogens (tertiary/aromatic N) is 3. The third-order valence-electron chi connectivity index (χ3n) is 3.46. The van der Waals surface area contributed by atoms with Crippen LogP contribution in [0, 0.1) is 11.3 Å². The van der Waals surface area contributed by atoms with Crippen LogP contribution in [0.25, 0.3) is 0 Å². The maximum absolute atomic E-state index is 12.2. The second-order valence-corrected chi connectivity index (χ2v) is 5.70. The van der Waals surface area contributed by atoms with Crippen molar-refractivity contribution in [2.75, 3.05) is 5.32 Å². The molecule has 6 nitrogen and oxygen atoms in total. The average Bonchev–Trinajstić information content (AvgIpc) is 2.59. The van der Waals surface area contributed by atoms with E-state index >= 15 is 0 Å². The van der Waals surface area contributed by atoms with Crippen molar-refractivity contribution in [1.29, 1.82) is 5.26 Å². The molecule has 0 aliphatic heterocycles. The first kappa shape index (κ1) is 20.2. The van der Waals surface area contributed by atoms with Gasteiger partial charge in [-0.15, -0.1) is 13.2 Å². The van der Waals surface area contributed by atoms with Gasteiger partial charge in [-0.05, 0) is 42.5 Å². The van der Waals surface area contributed by atoms with Crippen LogP contribution in [0.1, 0.15) is 30.4 Å². The fraction of sp³-hybridized carbons (Fsp3) is 0.333. The van der Waals surface area contributed by atoms with E-state index in [2.05, 4.69) is 26.1 Å². The smallest absolute Gasteiger partial charge is 0.406 e. The molecule has 0 aliphatic rings. The van der Waals surface area contributed by atoms with Crippen molar-refractivity contribution in [1.82, 2.24) is 9.97 Å². The molecule has 0 atom stereocenters. The van der Waals surface area contributed by atoms with E-state index in [9.17, 15) is 18.0 Å². The third-order valence-corrected chi connectivity index (χ3v) is 3.46. The van der Waals surface area contributed by atoms with Crippen LogP contribution in [-0.4, -0.2) is 22.2 Å². The molecule has 1 N–H and O–H groups in total. The highest BCUT2D eigenvalue weighted by molar-refractivity contribution is 5.90. The maximum Gasteiger partial charge on any atom is 0.573 e. The van der Waals surface area contributed by atoms with Crippen molar-refractivity contribution in [3.05, 3.63) is 47.8 Å². The van der Waals surface area contributed by atoms with Gasteiger partial charge in [-0.2, -0.15) is 5.26 Å². The summed E-state index contributed by atoms with van der Waals surface area (Å²) < 4.78 is 40.5. The minimum absolute atomic E-state index is 0.114. The highest BCUT2D eigenvalue weighted by Gasteiger charge is 2.31. The van der Waals surface area contributed by atoms with Crippen LogP contribution in [0.5, 0.6) is 5.75 Å². The number of carbonyl (C=O) groups excluding carboxylic acids is 1. The molecule has 2 rings (SSSR count). The average molecular weight is 378 g/mol. The van der Waals surface area contributed by atoms with E-state index in [0.29, 0.717) is 12.0 Å². The van der Waals surface area contributed by atoms with Crippen molar-refractivity contribution in [2.24, 2.45) is 0 Å². The molecular formula is C18H17F3N4O2. The number of alkyl halides is 3. The number of halogens is 3.